The molecule has 19 heavy (non-hydrogen) atoms. The molecule has 0 unspecified atom stereocenters. The highest BCUT2D eigenvalue weighted by Gasteiger charge is 2.15. The van der Waals surface area contributed by atoms with Gasteiger partial charge in [-0.1, -0.05) is 11.6 Å². The van der Waals surface area contributed by atoms with Crippen molar-refractivity contribution in [3.05, 3.63) is 10.8 Å². The number of nitrogens with zero attached hydrogens (tertiary/aromatic N) is 3. The number of anilines is 2. The topological polar surface area (TPSA) is 189 Å². The maximum atomic E-state index is 11.5. The van der Waals surface area contributed by atoms with Gasteiger partial charge in [0.05, 0.1) is 0 Å². The van der Waals surface area contributed by atoms with E-state index in [1.54, 1.807) is 0 Å². The second kappa shape index (κ2) is 5.80. The highest BCUT2D eigenvalue weighted by molar-refractivity contribution is 7.50. The van der Waals surface area contributed by atoms with E-state index in [1.165, 1.54) is 0 Å². The summed E-state index contributed by atoms with van der Waals surface area (Å²) in [5.74, 6) is -1.23. The average molecular weight is 310 g/mol. The molecule has 0 bridgehead atoms. The summed E-state index contributed by atoms with van der Waals surface area (Å²) in [6, 6.07) is 0. The van der Waals surface area contributed by atoms with Crippen LogP contribution >= 0.6 is 19.3 Å². The Morgan fingerprint density at radius 2 is 2.00 bits per heavy atom. The smallest absolute Gasteiger partial charge is 0.382 e. The first-order valence-electron chi connectivity index (χ1n) is 4.44. The van der Waals surface area contributed by atoms with Crippen LogP contribution in [0.1, 0.15) is 10.5 Å². The Bertz CT molecular complexity index is 573. The lowest BCUT2D eigenvalue weighted by atomic mass is 10.4. The van der Waals surface area contributed by atoms with Gasteiger partial charge < -0.3 is 21.3 Å². The van der Waals surface area contributed by atoms with Gasteiger partial charge in [-0.2, -0.15) is 4.76 Å². The summed E-state index contributed by atoms with van der Waals surface area (Å²) >= 11 is 5.57. The van der Waals surface area contributed by atoms with Crippen molar-refractivity contribution in [3.63, 3.8) is 0 Å². The van der Waals surface area contributed by atoms with E-state index in [-0.39, 0.29) is 22.5 Å². The van der Waals surface area contributed by atoms with Crippen molar-refractivity contribution in [2.75, 3.05) is 11.5 Å². The molecule has 0 aromatic carbocycles. The Kier molecular flexibility index (Phi) is 4.62. The number of aromatic nitrogens is 2. The van der Waals surface area contributed by atoms with Crippen LogP contribution in [0.15, 0.2) is 4.76 Å². The summed E-state index contributed by atoms with van der Waals surface area (Å²) < 4.78 is 13.1. The molecule has 0 atom stereocenters. The molecule has 1 aromatic heterocycles. The van der Waals surface area contributed by atoms with Gasteiger partial charge in [0.15, 0.2) is 22.5 Å². The fraction of sp³-hybridized carbons (Fsp3) is 0. The summed E-state index contributed by atoms with van der Waals surface area (Å²) in [6.07, 6.45) is 0.598. The van der Waals surface area contributed by atoms with Gasteiger partial charge >= 0.3 is 7.75 Å². The second-order valence-corrected chi connectivity index (χ2v) is 4.61. The molecule has 104 valence electrons. The van der Waals surface area contributed by atoms with Crippen molar-refractivity contribution in [1.82, 2.24) is 20.8 Å². The molecule has 1 rings (SSSR count). The molecular weight excluding hydrogens is 301 g/mol. The standard InChI is InChI=1S/C6H9ClN7O4P/c7-3-5(9)13-4(8)2(12-3)6(15)14-10-1-11-19(16,17)18/h1H,(H,14,15)(H4,8,9,13)(H3,10,11,16,17,18). The Hall–Kier alpha value is -1.94. The number of hydrazine groups is 1. The number of amides is 1. The van der Waals surface area contributed by atoms with Crippen molar-refractivity contribution in [1.29, 1.82) is 0 Å². The number of halogens is 1. The van der Waals surface area contributed by atoms with Crippen molar-refractivity contribution >= 4 is 43.2 Å². The molecular formula is C6H9ClN7O4P. The lowest BCUT2D eigenvalue weighted by Gasteiger charge is -2.06. The van der Waals surface area contributed by atoms with Gasteiger partial charge in [-0.15, -0.1) is 0 Å². The van der Waals surface area contributed by atoms with E-state index >= 15 is 0 Å². The normalized spacial score (nSPS) is 11.5. The first-order chi connectivity index (χ1) is 8.70. The molecule has 0 fully saturated rings. The quantitative estimate of drug-likeness (QED) is 0.169. The SMILES string of the molecule is Nc1nc(N)c(C(=O)NN/C=N/P(=O)(O)O)nc1Cl. The molecule has 0 spiro atoms. The molecule has 8 N–H and O–H groups in total. The number of hydrogen-bond acceptors (Lipinski definition) is 6. The first-order valence-corrected chi connectivity index (χ1v) is 6.39. The van der Waals surface area contributed by atoms with Crippen LogP contribution < -0.4 is 22.3 Å². The first kappa shape index (κ1) is 15.1. The average Bonchev–Trinajstić information content (AvgIpc) is 2.28. The van der Waals surface area contributed by atoms with Crippen molar-refractivity contribution in [2.24, 2.45) is 4.76 Å². The zero-order valence-corrected chi connectivity index (χ0v) is 10.8. The van der Waals surface area contributed by atoms with Crippen molar-refractivity contribution < 1.29 is 19.1 Å². The van der Waals surface area contributed by atoms with E-state index in [9.17, 15) is 9.36 Å². The van der Waals surface area contributed by atoms with Gasteiger partial charge in [-0.25, -0.2) is 14.5 Å². The fourth-order valence-corrected chi connectivity index (χ4v) is 1.20. The van der Waals surface area contributed by atoms with Crippen LogP contribution in [0.5, 0.6) is 0 Å². The predicted octanol–water partition coefficient (Wildman–Crippen LogP) is -1.35. The molecule has 1 amide bonds. The van der Waals surface area contributed by atoms with Crippen LogP contribution in [0.4, 0.5) is 11.6 Å². The van der Waals surface area contributed by atoms with E-state index in [4.69, 9.17) is 32.9 Å². The maximum absolute atomic E-state index is 11.5. The summed E-state index contributed by atoms with van der Waals surface area (Å²) in [5.41, 5.74) is 14.4. The third-order valence-corrected chi connectivity index (χ3v) is 2.27. The third-order valence-electron chi connectivity index (χ3n) is 1.58. The predicted molar refractivity (Wildman–Crippen MR) is 67.0 cm³/mol. The fourth-order valence-electron chi connectivity index (χ4n) is 0.870. The van der Waals surface area contributed by atoms with Crippen LogP contribution in [-0.2, 0) is 4.57 Å². The number of nitrogens with two attached hydrogens (primary N) is 2. The van der Waals surface area contributed by atoms with Gasteiger partial charge in [0.1, 0.15) is 6.34 Å². The van der Waals surface area contributed by atoms with Crippen LogP contribution in [0, 0.1) is 0 Å². The lowest BCUT2D eigenvalue weighted by Crippen LogP contribution is -2.37. The zero-order chi connectivity index (χ0) is 14.6. The lowest BCUT2D eigenvalue weighted by molar-refractivity contribution is 0.0940. The molecule has 0 aliphatic rings. The molecule has 13 heteroatoms. The second-order valence-electron chi connectivity index (χ2n) is 2.99. The number of rotatable bonds is 4. The van der Waals surface area contributed by atoms with Gasteiger partial charge in [0.2, 0.25) is 0 Å². The summed E-state index contributed by atoms with van der Waals surface area (Å²) in [6.45, 7) is 0. The highest BCUT2D eigenvalue weighted by atomic mass is 35.5. The molecule has 0 radical (unpaired) electrons. The molecule has 1 heterocycles. The Morgan fingerprint density at radius 3 is 2.58 bits per heavy atom. The minimum Gasteiger partial charge on any atom is -0.382 e. The van der Waals surface area contributed by atoms with Crippen LogP contribution in [0.3, 0.4) is 0 Å². The largest absolute Gasteiger partial charge is 0.450 e. The highest BCUT2D eigenvalue weighted by Crippen LogP contribution is 2.34. The van der Waals surface area contributed by atoms with E-state index in [2.05, 4.69) is 14.7 Å². The van der Waals surface area contributed by atoms with Gasteiger partial charge in [0.25, 0.3) is 5.91 Å². The maximum Gasteiger partial charge on any atom is 0.450 e. The number of nitrogen functional groups attached to an aromatic ring is 2. The number of carbonyl (C=O) groups excluding carboxylic acids is 1. The minimum absolute atomic E-state index is 0.133. The monoisotopic (exact) mass is 309 g/mol. The minimum atomic E-state index is -4.56. The van der Waals surface area contributed by atoms with Crippen LogP contribution in [0.25, 0.3) is 0 Å². The summed E-state index contributed by atoms with van der Waals surface area (Å²) in [4.78, 5) is 35.5. The number of nitrogens with one attached hydrogen (secondary N) is 2. The summed E-state index contributed by atoms with van der Waals surface area (Å²) in [5, 5.41) is -0.205. The van der Waals surface area contributed by atoms with Crippen LogP contribution in [-0.4, -0.2) is 32.0 Å². The molecule has 11 nitrogen and oxygen atoms in total. The Morgan fingerprint density at radius 1 is 1.37 bits per heavy atom. The van der Waals surface area contributed by atoms with Crippen molar-refractivity contribution in [2.45, 2.75) is 0 Å². The Balaban J connectivity index is 2.72. The van der Waals surface area contributed by atoms with Gasteiger partial charge in [0, 0.05) is 0 Å². The van der Waals surface area contributed by atoms with Gasteiger partial charge in [-0.05, 0) is 0 Å². The number of carbonyl (C=O) groups is 1. The van der Waals surface area contributed by atoms with E-state index < -0.39 is 13.7 Å². The molecule has 0 saturated carbocycles. The van der Waals surface area contributed by atoms with E-state index in [0.29, 0.717) is 6.34 Å². The molecule has 0 saturated heterocycles. The van der Waals surface area contributed by atoms with E-state index in [1.807, 2.05) is 10.9 Å². The molecule has 0 aliphatic heterocycles. The van der Waals surface area contributed by atoms with Crippen LogP contribution in [0.2, 0.25) is 5.15 Å². The molecule has 1 aromatic rings. The van der Waals surface area contributed by atoms with Crippen molar-refractivity contribution in [3.8, 4) is 0 Å². The number of hydrogen-bond donors (Lipinski definition) is 6. The Labute approximate surface area is 111 Å². The zero-order valence-electron chi connectivity index (χ0n) is 9.11. The summed E-state index contributed by atoms with van der Waals surface area (Å²) in [7, 11) is -4.56. The molecule has 0 aliphatic carbocycles. The van der Waals surface area contributed by atoms with Gasteiger partial charge in [-0.3, -0.25) is 15.6 Å². The third kappa shape index (κ3) is 4.67. The van der Waals surface area contributed by atoms with E-state index in [0.717, 1.165) is 0 Å².